The maximum absolute atomic E-state index is 9.23. The average molecular weight is 487 g/mol. The lowest BCUT2D eigenvalue weighted by Crippen LogP contribution is -1.80. The molecule has 0 fully saturated rings. The quantitative estimate of drug-likeness (QED) is 0.285. The number of phenolic OH excluding ortho intramolecular Hbond substituents is 2. The number of hydrogen-bond donors (Lipinski definition) is 3. The van der Waals surface area contributed by atoms with E-state index in [0.717, 1.165) is 32.3 Å². The molecule has 0 aliphatic heterocycles. The van der Waals surface area contributed by atoms with E-state index in [-0.39, 0.29) is 12.4 Å². The van der Waals surface area contributed by atoms with Gasteiger partial charge in [0.25, 0.3) is 0 Å². The minimum absolute atomic E-state index is 0.0958. The highest BCUT2D eigenvalue weighted by Crippen LogP contribution is 2.24. The summed E-state index contributed by atoms with van der Waals surface area (Å²) in [5, 5.41) is 27.0. The number of benzene rings is 4. The van der Waals surface area contributed by atoms with E-state index >= 15 is 0 Å². The summed E-state index contributed by atoms with van der Waals surface area (Å²) in [4.78, 5) is 0. The van der Waals surface area contributed by atoms with E-state index in [1.807, 2.05) is 72.8 Å². The van der Waals surface area contributed by atoms with Crippen LogP contribution in [0.15, 0.2) is 102 Å². The van der Waals surface area contributed by atoms with Crippen LogP contribution in [0.4, 0.5) is 0 Å². The number of phenols is 2. The second-order valence-corrected chi connectivity index (χ2v) is 7.87. The predicted octanol–water partition coefficient (Wildman–Crippen LogP) is 6.61. The van der Waals surface area contributed by atoms with Crippen LogP contribution in [0.1, 0.15) is 12.0 Å². The Morgan fingerprint density at radius 1 is 0.562 bits per heavy atom. The summed E-state index contributed by atoms with van der Waals surface area (Å²) in [7, 11) is 0. The largest absolute Gasteiger partial charge is 0.508 e. The molecule has 0 saturated heterocycles. The van der Waals surface area contributed by atoms with Crippen LogP contribution < -0.4 is 0 Å². The fourth-order valence-electron chi connectivity index (χ4n) is 2.92. The van der Waals surface area contributed by atoms with Gasteiger partial charge in [0.1, 0.15) is 11.5 Å². The maximum atomic E-state index is 9.23. The zero-order chi connectivity index (χ0) is 22.8. The van der Waals surface area contributed by atoms with Crippen molar-refractivity contribution in [1.29, 1.82) is 0 Å². The van der Waals surface area contributed by atoms with Gasteiger partial charge in [0.2, 0.25) is 0 Å². The number of rotatable bonds is 3. The first-order valence-corrected chi connectivity index (χ1v) is 10.9. The first-order chi connectivity index (χ1) is 15.5. The Labute approximate surface area is 196 Å². The van der Waals surface area contributed by atoms with Crippen LogP contribution in [0, 0.1) is 11.8 Å². The minimum atomic E-state index is 0.0958. The van der Waals surface area contributed by atoms with Gasteiger partial charge in [-0.1, -0.05) is 76.3 Å². The molecule has 32 heavy (non-hydrogen) atoms. The van der Waals surface area contributed by atoms with Crippen LogP contribution in [0.2, 0.25) is 0 Å². The SMILES string of the molecule is OCCC#Cc1ccc(-c2ccc(O)cc2)cc1.Oc1ccc(-c2ccc(Br)cc2)cc1. The first kappa shape index (κ1) is 23.1. The lowest BCUT2D eigenvalue weighted by Gasteiger charge is -2.01. The molecule has 4 aromatic rings. The molecule has 0 saturated carbocycles. The lowest BCUT2D eigenvalue weighted by atomic mass is 10.0. The molecule has 0 aliphatic carbocycles. The summed E-state index contributed by atoms with van der Waals surface area (Å²) < 4.78 is 1.07. The van der Waals surface area contributed by atoms with E-state index in [4.69, 9.17) is 10.2 Å². The molecule has 0 aliphatic rings. The molecule has 4 aromatic carbocycles. The number of hydrogen-bond acceptors (Lipinski definition) is 3. The second kappa shape index (κ2) is 11.8. The minimum Gasteiger partial charge on any atom is -0.508 e. The molecule has 4 rings (SSSR count). The smallest absolute Gasteiger partial charge is 0.115 e. The molecule has 0 unspecified atom stereocenters. The molecule has 0 bridgehead atoms. The molecule has 0 amide bonds. The third-order valence-electron chi connectivity index (χ3n) is 4.60. The van der Waals surface area contributed by atoms with Crippen LogP contribution in [-0.4, -0.2) is 21.9 Å². The van der Waals surface area contributed by atoms with Crippen LogP contribution in [-0.2, 0) is 0 Å². The summed E-state index contributed by atoms with van der Waals surface area (Å²) in [5.74, 6) is 6.43. The summed E-state index contributed by atoms with van der Waals surface area (Å²) >= 11 is 3.39. The Kier molecular flexibility index (Phi) is 8.51. The van der Waals surface area contributed by atoms with E-state index < -0.39 is 0 Å². The highest BCUT2D eigenvalue weighted by Gasteiger charge is 1.98. The predicted molar refractivity (Wildman–Crippen MR) is 133 cm³/mol. The summed E-state index contributed by atoms with van der Waals surface area (Å²) in [5.41, 5.74) is 5.33. The summed E-state index contributed by atoms with van der Waals surface area (Å²) in [6.45, 7) is 0.0958. The third-order valence-corrected chi connectivity index (χ3v) is 5.13. The van der Waals surface area contributed by atoms with Crippen LogP contribution in [0.5, 0.6) is 11.5 Å². The van der Waals surface area contributed by atoms with E-state index in [1.54, 1.807) is 24.3 Å². The number of aliphatic hydroxyl groups excluding tert-OH is 1. The second-order valence-electron chi connectivity index (χ2n) is 6.95. The average Bonchev–Trinajstić information content (AvgIpc) is 2.82. The van der Waals surface area contributed by atoms with Crippen molar-refractivity contribution in [2.75, 3.05) is 6.61 Å². The molecular formula is C28H23BrO3. The molecule has 0 heterocycles. The topological polar surface area (TPSA) is 60.7 Å². The van der Waals surface area contributed by atoms with E-state index in [0.29, 0.717) is 12.2 Å². The monoisotopic (exact) mass is 486 g/mol. The normalized spacial score (nSPS) is 9.81. The number of aliphatic hydroxyl groups is 1. The molecule has 3 nitrogen and oxygen atoms in total. The van der Waals surface area contributed by atoms with Crippen LogP contribution in [0.3, 0.4) is 0 Å². The van der Waals surface area contributed by atoms with Gasteiger partial charge in [0, 0.05) is 16.5 Å². The van der Waals surface area contributed by atoms with Crippen molar-refractivity contribution in [1.82, 2.24) is 0 Å². The summed E-state index contributed by atoms with van der Waals surface area (Å²) in [6, 6.07) is 30.3. The zero-order valence-corrected chi connectivity index (χ0v) is 19.0. The van der Waals surface area contributed by atoms with Gasteiger partial charge in [-0.2, -0.15) is 0 Å². The molecule has 0 aromatic heterocycles. The van der Waals surface area contributed by atoms with Gasteiger partial charge in [-0.25, -0.2) is 0 Å². The Morgan fingerprint density at radius 3 is 1.34 bits per heavy atom. The van der Waals surface area contributed by atoms with Crippen molar-refractivity contribution in [2.24, 2.45) is 0 Å². The number of aromatic hydroxyl groups is 2. The Bertz CT molecular complexity index is 1130. The van der Waals surface area contributed by atoms with Gasteiger partial charge < -0.3 is 15.3 Å². The van der Waals surface area contributed by atoms with Crippen molar-refractivity contribution in [3.8, 4) is 45.6 Å². The molecule has 0 atom stereocenters. The zero-order valence-electron chi connectivity index (χ0n) is 17.4. The van der Waals surface area contributed by atoms with Crippen molar-refractivity contribution >= 4 is 15.9 Å². The van der Waals surface area contributed by atoms with Gasteiger partial charge in [-0.3, -0.25) is 0 Å². The van der Waals surface area contributed by atoms with E-state index in [1.165, 1.54) is 0 Å². The van der Waals surface area contributed by atoms with E-state index in [9.17, 15) is 5.11 Å². The van der Waals surface area contributed by atoms with Gasteiger partial charge in [-0.05, 0) is 70.8 Å². The van der Waals surface area contributed by atoms with Crippen LogP contribution in [0.25, 0.3) is 22.3 Å². The standard InChI is InChI=1S/C16H14O2.C12H9BrO/c17-12-2-1-3-13-4-6-14(7-5-13)15-8-10-16(18)11-9-15;13-11-5-1-9(2-6-11)10-3-7-12(14)8-4-10/h4-11,17-18H,2,12H2;1-8,14H. The first-order valence-electron chi connectivity index (χ1n) is 10.1. The Balaban J connectivity index is 0.000000186. The molecule has 3 N–H and O–H groups in total. The molecule has 0 radical (unpaired) electrons. The van der Waals surface area contributed by atoms with Crippen molar-refractivity contribution in [3.05, 3.63) is 107 Å². The highest BCUT2D eigenvalue weighted by atomic mass is 79.9. The van der Waals surface area contributed by atoms with Crippen molar-refractivity contribution < 1.29 is 15.3 Å². The van der Waals surface area contributed by atoms with Crippen molar-refractivity contribution in [2.45, 2.75) is 6.42 Å². The maximum Gasteiger partial charge on any atom is 0.115 e. The van der Waals surface area contributed by atoms with Gasteiger partial charge in [-0.15, -0.1) is 0 Å². The lowest BCUT2D eigenvalue weighted by molar-refractivity contribution is 0.305. The molecular weight excluding hydrogens is 464 g/mol. The molecule has 0 spiro atoms. The third kappa shape index (κ3) is 7.02. The summed E-state index contributed by atoms with van der Waals surface area (Å²) in [6.07, 6.45) is 0.500. The van der Waals surface area contributed by atoms with E-state index in [2.05, 4.69) is 27.8 Å². The van der Waals surface area contributed by atoms with Gasteiger partial charge in [0.05, 0.1) is 6.61 Å². The molecule has 4 heteroatoms. The van der Waals surface area contributed by atoms with Gasteiger partial charge in [0.15, 0.2) is 0 Å². The Hall–Kier alpha value is -3.52. The molecule has 160 valence electrons. The number of halogens is 1. The van der Waals surface area contributed by atoms with Gasteiger partial charge >= 0.3 is 0 Å². The fourth-order valence-corrected chi connectivity index (χ4v) is 3.18. The highest BCUT2D eigenvalue weighted by molar-refractivity contribution is 9.10. The van der Waals surface area contributed by atoms with Crippen LogP contribution >= 0.6 is 15.9 Å². The fraction of sp³-hybridized carbons (Fsp3) is 0.0714. The Morgan fingerprint density at radius 2 is 0.938 bits per heavy atom. The van der Waals surface area contributed by atoms with Crippen molar-refractivity contribution in [3.63, 3.8) is 0 Å².